The Morgan fingerprint density at radius 3 is 1.33 bits per heavy atom. The molecule has 0 unspecified atom stereocenters. The molecular formula is C6H15ClN2. The van der Waals surface area contributed by atoms with E-state index in [1.165, 1.54) is 39.0 Å². The highest BCUT2D eigenvalue weighted by atomic mass is 35.5. The first-order valence-corrected chi connectivity index (χ1v) is 3.41. The quantitative estimate of drug-likeness (QED) is 0.522. The summed E-state index contributed by atoms with van der Waals surface area (Å²) < 4.78 is 0. The summed E-state index contributed by atoms with van der Waals surface area (Å²) in [7, 11) is 0. The van der Waals surface area contributed by atoms with Gasteiger partial charge in [-0.3, -0.25) is 0 Å². The minimum atomic E-state index is 0. The van der Waals surface area contributed by atoms with Crippen LogP contribution in [0, 0.1) is 0 Å². The van der Waals surface area contributed by atoms with E-state index >= 15 is 0 Å². The van der Waals surface area contributed by atoms with Crippen molar-refractivity contribution >= 4 is 12.4 Å². The smallest absolute Gasteiger partial charge is 0.00368 e. The van der Waals surface area contributed by atoms with Gasteiger partial charge < -0.3 is 10.6 Å². The Balaban J connectivity index is 0.000000640. The molecule has 0 aromatic rings. The highest BCUT2D eigenvalue weighted by Crippen LogP contribution is 1.81. The van der Waals surface area contributed by atoms with Gasteiger partial charge in [0.15, 0.2) is 0 Å². The van der Waals surface area contributed by atoms with Crippen LogP contribution in [0.2, 0.25) is 0 Å². The zero-order chi connectivity index (χ0) is 5.66. The first-order valence-electron chi connectivity index (χ1n) is 3.41. The zero-order valence-electron chi connectivity index (χ0n) is 5.65. The Bertz CT molecular complexity index is 35.0. The molecule has 2 nitrogen and oxygen atoms in total. The molecule has 0 aromatic carbocycles. The molecule has 2 N–H and O–H groups in total. The molecule has 0 saturated carbocycles. The van der Waals surface area contributed by atoms with Crippen molar-refractivity contribution in [3.63, 3.8) is 0 Å². The van der Waals surface area contributed by atoms with Crippen LogP contribution in [0.3, 0.4) is 0 Å². The average molecular weight is 151 g/mol. The maximum atomic E-state index is 3.35. The molecule has 3 heteroatoms. The Kier molecular flexibility index (Phi) is 6.48. The van der Waals surface area contributed by atoms with E-state index in [-0.39, 0.29) is 12.4 Å². The van der Waals surface area contributed by atoms with E-state index in [0.29, 0.717) is 0 Å². The highest BCUT2D eigenvalue weighted by Gasteiger charge is 1.92. The Morgan fingerprint density at radius 1 is 0.667 bits per heavy atom. The molecule has 0 radical (unpaired) electrons. The second kappa shape index (κ2) is 6.33. The molecule has 1 heterocycles. The molecule has 9 heavy (non-hydrogen) atoms. The van der Waals surface area contributed by atoms with Crippen LogP contribution in [0.1, 0.15) is 12.8 Å². The van der Waals surface area contributed by atoms with Crippen LogP contribution in [-0.4, -0.2) is 26.2 Å². The molecule has 1 aliphatic rings. The number of nitrogens with one attached hydrogen (secondary N) is 2. The van der Waals surface area contributed by atoms with Crippen LogP contribution in [0.25, 0.3) is 0 Å². The van der Waals surface area contributed by atoms with Crippen LogP contribution >= 0.6 is 12.4 Å². The predicted molar refractivity (Wildman–Crippen MR) is 42.2 cm³/mol. The minimum absolute atomic E-state index is 0. The number of halogens is 1. The van der Waals surface area contributed by atoms with Crippen molar-refractivity contribution in [3.05, 3.63) is 0 Å². The largest absolute Gasteiger partial charge is 0.317 e. The Hall–Kier alpha value is 0.210. The normalized spacial score (nSPS) is 21.3. The lowest BCUT2D eigenvalue weighted by Gasteiger charge is -2.09. The molecule has 56 valence electrons. The van der Waals surface area contributed by atoms with Crippen molar-refractivity contribution in [3.8, 4) is 0 Å². The number of rotatable bonds is 0. The fourth-order valence-electron chi connectivity index (χ4n) is 0.927. The third-order valence-corrected chi connectivity index (χ3v) is 1.41. The van der Waals surface area contributed by atoms with Gasteiger partial charge in [-0.2, -0.15) is 0 Å². The molecule has 0 atom stereocenters. The number of hydrogen-bond donors (Lipinski definition) is 2. The van der Waals surface area contributed by atoms with Crippen molar-refractivity contribution in [2.45, 2.75) is 12.8 Å². The van der Waals surface area contributed by atoms with Gasteiger partial charge in [-0.1, -0.05) is 0 Å². The van der Waals surface area contributed by atoms with E-state index in [4.69, 9.17) is 0 Å². The fraction of sp³-hybridized carbons (Fsp3) is 1.00. The molecule has 0 amide bonds. The monoisotopic (exact) mass is 150 g/mol. The van der Waals surface area contributed by atoms with Crippen molar-refractivity contribution in [1.29, 1.82) is 0 Å². The van der Waals surface area contributed by atoms with Gasteiger partial charge in [0.05, 0.1) is 0 Å². The molecule has 1 aliphatic heterocycles. The van der Waals surface area contributed by atoms with Gasteiger partial charge in [0.2, 0.25) is 0 Å². The van der Waals surface area contributed by atoms with Crippen LogP contribution in [0.5, 0.6) is 0 Å². The molecule has 1 saturated heterocycles. The highest BCUT2D eigenvalue weighted by molar-refractivity contribution is 5.85. The van der Waals surface area contributed by atoms with Gasteiger partial charge in [-0.15, -0.1) is 12.4 Å². The minimum Gasteiger partial charge on any atom is -0.317 e. The van der Waals surface area contributed by atoms with E-state index in [9.17, 15) is 0 Å². The second-order valence-electron chi connectivity index (χ2n) is 2.21. The van der Waals surface area contributed by atoms with E-state index in [2.05, 4.69) is 10.6 Å². The van der Waals surface area contributed by atoms with Crippen molar-refractivity contribution < 1.29 is 0 Å². The molecule has 1 rings (SSSR count). The lowest BCUT2D eigenvalue weighted by atomic mass is 10.3. The predicted octanol–water partition coefficient (Wildman–Crippen LogP) is 0.381. The van der Waals surface area contributed by atoms with E-state index in [0.717, 1.165) is 0 Å². The molecule has 0 aromatic heterocycles. The summed E-state index contributed by atoms with van der Waals surface area (Å²) in [5, 5.41) is 6.69. The van der Waals surface area contributed by atoms with Crippen molar-refractivity contribution in [2.75, 3.05) is 26.2 Å². The molecule has 0 aliphatic carbocycles. The van der Waals surface area contributed by atoms with Crippen molar-refractivity contribution in [2.24, 2.45) is 0 Å². The van der Waals surface area contributed by atoms with Gasteiger partial charge in [0, 0.05) is 0 Å². The molecule has 1 fully saturated rings. The zero-order valence-corrected chi connectivity index (χ0v) is 6.47. The second-order valence-corrected chi connectivity index (χ2v) is 2.21. The standard InChI is InChI=1S/C6H14N2.ClH/c1-3-7-5-2-6-8-4-1;/h7-8H,1-6H2;1H. The van der Waals surface area contributed by atoms with Gasteiger partial charge in [-0.25, -0.2) is 0 Å². The van der Waals surface area contributed by atoms with Gasteiger partial charge in [0.1, 0.15) is 0 Å². The van der Waals surface area contributed by atoms with Gasteiger partial charge in [-0.05, 0) is 39.0 Å². The van der Waals surface area contributed by atoms with Gasteiger partial charge in [0.25, 0.3) is 0 Å². The first-order chi connectivity index (χ1) is 4.00. The van der Waals surface area contributed by atoms with Crippen molar-refractivity contribution in [1.82, 2.24) is 10.6 Å². The van der Waals surface area contributed by atoms with Crippen LogP contribution in [0.15, 0.2) is 0 Å². The van der Waals surface area contributed by atoms with Crippen LogP contribution in [0.4, 0.5) is 0 Å². The summed E-state index contributed by atoms with van der Waals surface area (Å²) in [5.41, 5.74) is 0. The SMILES string of the molecule is C1CNCCCNC1.Cl. The van der Waals surface area contributed by atoms with E-state index in [1.807, 2.05) is 0 Å². The third-order valence-electron chi connectivity index (χ3n) is 1.41. The topological polar surface area (TPSA) is 24.1 Å². The maximum absolute atomic E-state index is 3.35. The Labute approximate surface area is 62.8 Å². The molecule has 0 bridgehead atoms. The van der Waals surface area contributed by atoms with Crippen LogP contribution < -0.4 is 10.6 Å². The third kappa shape index (κ3) is 4.70. The summed E-state index contributed by atoms with van der Waals surface area (Å²) in [4.78, 5) is 0. The summed E-state index contributed by atoms with van der Waals surface area (Å²) in [6.07, 6.45) is 2.56. The lowest BCUT2D eigenvalue weighted by Crippen LogP contribution is -2.29. The average Bonchev–Trinajstić information content (AvgIpc) is 1.62. The summed E-state index contributed by atoms with van der Waals surface area (Å²) >= 11 is 0. The lowest BCUT2D eigenvalue weighted by molar-refractivity contribution is 0.527. The fourth-order valence-corrected chi connectivity index (χ4v) is 0.927. The number of hydrogen-bond acceptors (Lipinski definition) is 2. The molecular weight excluding hydrogens is 136 g/mol. The Morgan fingerprint density at radius 2 is 1.00 bits per heavy atom. The van der Waals surface area contributed by atoms with Crippen LogP contribution in [-0.2, 0) is 0 Å². The first kappa shape index (κ1) is 9.21. The summed E-state index contributed by atoms with van der Waals surface area (Å²) in [5.74, 6) is 0. The molecule has 0 spiro atoms. The summed E-state index contributed by atoms with van der Waals surface area (Å²) in [6, 6.07) is 0. The van der Waals surface area contributed by atoms with E-state index < -0.39 is 0 Å². The van der Waals surface area contributed by atoms with E-state index in [1.54, 1.807) is 0 Å². The van der Waals surface area contributed by atoms with Gasteiger partial charge >= 0.3 is 0 Å². The summed E-state index contributed by atoms with van der Waals surface area (Å²) in [6.45, 7) is 4.75. The maximum Gasteiger partial charge on any atom is -0.00368 e.